The van der Waals surface area contributed by atoms with Gasteiger partial charge < -0.3 is 4.74 Å². The maximum atomic E-state index is 10.3. The molecule has 2 aromatic carbocycles. The Balaban J connectivity index is 2.06. The molecule has 0 aromatic heterocycles. The van der Waals surface area contributed by atoms with Crippen molar-refractivity contribution in [3.63, 3.8) is 0 Å². The van der Waals surface area contributed by atoms with Gasteiger partial charge in [-0.25, -0.2) is 0 Å². The van der Waals surface area contributed by atoms with Gasteiger partial charge in [0.1, 0.15) is 12.4 Å². The first-order valence-corrected chi connectivity index (χ1v) is 6.79. The predicted molar refractivity (Wildman–Crippen MR) is 83.3 cm³/mol. The van der Waals surface area contributed by atoms with Gasteiger partial charge in [-0.05, 0) is 29.8 Å². The van der Waals surface area contributed by atoms with E-state index in [1.807, 2.05) is 0 Å². The quantitative estimate of drug-likeness (QED) is 0.585. The molecule has 6 heteroatoms. The fourth-order valence-electron chi connectivity index (χ4n) is 1.65. The first kappa shape index (κ1) is 15.4. The van der Waals surface area contributed by atoms with E-state index >= 15 is 0 Å². The molecule has 0 fully saturated rings. The van der Waals surface area contributed by atoms with Crippen molar-refractivity contribution < 1.29 is 9.66 Å². The van der Waals surface area contributed by atoms with E-state index in [1.165, 1.54) is 6.08 Å². The van der Waals surface area contributed by atoms with Crippen LogP contribution in [0, 0.1) is 10.1 Å². The normalized spacial score (nSPS) is 10.8. The van der Waals surface area contributed by atoms with Crippen molar-refractivity contribution in [1.82, 2.24) is 0 Å². The minimum Gasteiger partial charge on any atom is -0.489 e. The first-order chi connectivity index (χ1) is 10.0. The van der Waals surface area contributed by atoms with Crippen LogP contribution >= 0.6 is 23.2 Å². The monoisotopic (exact) mass is 323 g/mol. The molecule has 0 atom stereocenters. The SMILES string of the molecule is O=[N+]([O-])/C=C\c1cccc(OCc2ccc(Cl)cc2Cl)c1. The number of ether oxygens (including phenoxy) is 1. The Bertz CT molecular complexity index is 686. The summed E-state index contributed by atoms with van der Waals surface area (Å²) < 4.78 is 5.63. The molecule has 2 rings (SSSR count). The van der Waals surface area contributed by atoms with Crippen LogP contribution in [0.2, 0.25) is 10.0 Å². The molecule has 0 spiro atoms. The molecule has 0 radical (unpaired) electrons. The number of halogens is 2. The Hall–Kier alpha value is -2.04. The van der Waals surface area contributed by atoms with E-state index in [-0.39, 0.29) is 0 Å². The molecule has 108 valence electrons. The third-order valence-electron chi connectivity index (χ3n) is 2.66. The molecular formula is C15H11Cl2NO3. The summed E-state index contributed by atoms with van der Waals surface area (Å²) in [6.45, 7) is 0.290. The van der Waals surface area contributed by atoms with Gasteiger partial charge in [-0.2, -0.15) is 0 Å². The summed E-state index contributed by atoms with van der Waals surface area (Å²) in [6, 6.07) is 12.2. The zero-order valence-corrected chi connectivity index (χ0v) is 12.3. The molecule has 0 bridgehead atoms. The highest BCUT2D eigenvalue weighted by Gasteiger charge is 2.03. The predicted octanol–water partition coefficient (Wildman–Crippen LogP) is 4.82. The number of hydrogen-bond donors (Lipinski definition) is 0. The average Bonchev–Trinajstić information content (AvgIpc) is 2.45. The highest BCUT2D eigenvalue weighted by atomic mass is 35.5. The summed E-state index contributed by atoms with van der Waals surface area (Å²) in [7, 11) is 0. The van der Waals surface area contributed by atoms with Crippen molar-refractivity contribution in [3.05, 3.63) is 80.0 Å². The summed E-state index contributed by atoms with van der Waals surface area (Å²) in [4.78, 5) is 9.78. The lowest BCUT2D eigenvalue weighted by molar-refractivity contribution is -0.400. The second-order valence-corrected chi connectivity index (χ2v) is 5.04. The zero-order chi connectivity index (χ0) is 15.2. The van der Waals surface area contributed by atoms with E-state index in [9.17, 15) is 10.1 Å². The third kappa shape index (κ3) is 4.77. The van der Waals surface area contributed by atoms with Crippen LogP contribution in [0.1, 0.15) is 11.1 Å². The van der Waals surface area contributed by atoms with Gasteiger partial charge in [-0.1, -0.05) is 41.4 Å². The molecule has 0 N–H and O–H groups in total. The average molecular weight is 324 g/mol. The van der Waals surface area contributed by atoms with Crippen LogP contribution in [0.15, 0.2) is 48.7 Å². The molecule has 0 unspecified atom stereocenters. The molecule has 0 amide bonds. The van der Waals surface area contributed by atoms with Crippen LogP contribution in [0.5, 0.6) is 5.75 Å². The third-order valence-corrected chi connectivity index (χ3v) is 3.24. The second kappa shape index (κ2) is 7.11. The van der Waals surface area contributed by atoms with Crippen molar-refractivity contribution in [2.45, 2.75) is 6.61 Å². The Morgan fingerprint density at radius 1 is 1.19 bits per heavy atom. The highest BCUT2D eigenvalue weighted by molar-refractivity contribution is 6.35. The molecule has 21 heavy (non-hydrogen) atoms. The fraction of sp³-hybridized carbons (Fsp3) is 0.0667. The summed E-state index contributed by atoms with van der Waals surface area (Å²) >= 11 is 11.9. The lowest BCUT2D eigenvalue weighted by Gasteiger charge is -2.08. The number of nitro groups is 1. The standard InChI is InChI=1S/C15H11Cl2NO3/c16-13-5-4-12(15(17)9-13)10-21-14-3-1-2-11(8-14)6-7-18(19)20/h1-9H,10H2/b7-6-. The summed E-state index contributed by atoms with van der Waals surface area (Å²) in [5, 5.41) is 11.4. The van der Waals surface area contributed by atoms with Crippen LogP contribution in [0.3, 0.4) is 0 Å². The molecular weight excluding hydrogens is 313 g/mol. The smallest absolute Gasteiger partial charge is 0.235 e. The van der Waals surface area contributed by atoms with E-state index in [4.69, 9.17) is 27.9 Å². The van der Waals surface area contributed by atoms with Crippen LogP contribution in [-0.4, -0.2) is 4.92 Å². The van der Waals surface area contributed by atoms with Gasteiger partial charge in [0.25, 0.3) is 0 Å². The lowest BCUT2D eigenvalue weighted by atomic mass is 10.2. The van der Waals surface area contributed by atoms with Gasteiger partial charge in [-0.3, -0.25) is 10.1 Å². The van der Waals surface area contributed by atoms with Gasteiger partial charge in [-0.15, -0.1) is 0 Å². The number of nitrogens with zero attached hydrogens (tertiary/aromatic N) is 1. The van der Waals surface area contributed by atoms with Gasteiger partial charge in [0.05, 0.1) is 4.92 Å². The fourth-order valence-corrected chi connectivity index (χ4v) is 2.12. The van der Waals surface area contributed by atoms with Crippen LogP contribution in [0.25, 0.3) is 6.08 Å². The topological polar surface area (TPSA) is 52.4 Å². The first-order valence-electron chi connectivity index (χ1n) is 6.03. The van der Waals surface area contributed by atoms with Gasteiger partial charge in [0, 0.05) is 21.7 Å². The van der Waals surface area contributed by atoms with Crippen LogP contribution in [0.4, 0.5) is 0 Å². The minimum absolute atomic E-state index is 0.290. The number of rotatable bonds is 5. The van der Waals surface area contributed by atoms with E-state index in [2.05, 4.69) is 0 Å². The molecule has 0 aliphatic rings. The van der Waals surface area contributed by atoms with E-state index in [1.54, 1.807) is 42.5 Å². The molecule has 0 aliphatic carbocycles. The van der Waals surface area contributed by atoms with Crippen molar-refractivity contribution in [2.75, 3.05) is 0 Å². The molecule has 0 aliphatic heterocycles. The van der Waals surface area contributed by atoms with Gasteiger partial charge in [0.2, 0.25) is 6.20 Å². The maximum absolute atomic E-state index is 10.3. The highest BCUT2D eigenvalue weighted by Crippen LogP contribution is 2.23. The zero-order valence-electron chi connectivity index (χ0n) is 10.8. The Labute approximate surface area is 131 Å². The van der Waals surface area contributed by atoms with Gasteiger partial charge in [0.15, 0.2) is 0 Å². The molecule has 0 saturated heterocycles. The molecule has 4 nitrogen and oxygen atoms in total. The minimum atomic E-state index is -0.513. The van der Waals surface area contributed by atoms with Crippen LogP contribution in [-0.2, 0) is 6.61 Å². The Morgan fingerprint density at radius 2 is 2.00 bits per heavy atom. The van der Waals surface area contributed by atoms with E-state index < -0.39 is 4.92 Å². The van der Waals surface area contributed by atoms with Crippen molar-refractivity contribution in [3.8, 4) is 5.75 Å². The maximum Gasteiger partial charge on any atom is 0.235 e. The van der Waals surface area contributed by atoms with E-state index in [0.29, 0.717) is 28.0 Å². The Kier molecular flexibility index (Phi) is 5.20. The van der Waals surface area contributed by atoms with E-state index in [0.717, 1.165) is 11.8 Å². The largest absolute Gasteiger partial charge is 0.489 e. The van der Waals surface area contributed by atoms with Crippen molar-refractivity contribution >= 4 is 29.3 Å². The number of hydrogen-bond acceptors (Lipinski definition) is 3. The number of benzene rings is 2. The van der Waals surface area contributed by atoms with Crippen molar-refractivity contribution in [1.29, 1.82) is 0 Å². The summed E-state index contributed by atoms with van der Waals surface area (Å²) in [6.07, 6.45) is 2.29. The molecule has 0 saturated carbocycles. The van der Waals surface area contributed by atoms with Gasteiger partial charge >= 0.3 is 0 Å². The molecule has 2 aromatic rings. The Morgan fingerprint density at radius 3 is 2.71 bits per heavy atom. The summed E-state index contributed by atoms with van der Waals surface area (Å²) in [5.74, 6) is 0.603. The lowest BCUT2D eigenvalue weighted by Crippen LogP contribution is -1.96. The second-order valence-electron chi connectivity index (χ2n) is 4.20. The van der Waals surface area contributed by atoms with Crippen LogP contribution < -0.4 is 4.74 Å². The molecule has 0 heterocycles. The van der Waals surface area contributed by atoms with Crippen molar-refractivity contribution in [2.24, 2.45) is 0 Å². The summed E-state index contributed by atoms with van der Waals surface area (Å²) in [5.41, 5.74) is 1.50.